The van der Waals surface area contributed by atoms with Gasteiger partial charge in [-0.15, -0.1) is 0 Å². The van der Waals surface area contributed by atoms with E-state index >= 15 is 0 Å². The summed E-state index contributed by atoms with van der Waals surface area (Å²) in [6.07, 6.45) is 4.73. The first-order chi connectivity index (χ1) is 6.86. The normalized spacial score (nSPS) is 11.1. The van der Waals surface area contributed by atoms with E-state index in [1.165, 1.54) is 6.20 Å². The minimum absolute atomic E-state index is 0.0281. The van der Waals surface area contributed by atoms with Crippen LogP contribution in [-0.4, -0.2) is 19.9 Å². The number of hydrogen-bond donors (Lipinski definition) is 0. The average Bonchev–Trinajstić information content (AvgIpc) is 2.91. The molecule has 0 atom stereocenters. The van der Waals surface area contributed by atoms with E-state index in [4.69, 9.17) is 0 Å². The van der Waals surface area contributed by atoms with E-state index < -0.39 is 0 Å². The lowest BCUT2D eigenvalue weighted by molar-refractivity contribution is 1.10. The van der Waals surface area contributed by atoms with Crippen molar-refractivity contribution in [1.29, 1.82) is 0 Å². The van der Waals surface area contributed by atoms with Crippen LogP contribution in [-0.2, 0) is 0 Å². The van der Waals surface area contributed by atoms with Gasteiger partial charge in [0.05, 0.1) is 5.39 Å². The third-order valence-electron chi connectivity index (χ3n) is 1.95. The number of hydrogen-bond acceptors (Lipinski definition) is 5. The van der Waals surface area contributed by atoms with Crippen molar-refractivity contribution in [2.75, 3.05) is 0 Å². The van der Waals surface area contributed by atoms with Gasteiger partial charge < -0.3 is 0 Å². The van der Waals surface area contributed by atoms with Crippen molar-refractivity contribution < 1.29 is 0 Å². The van der Waals surface area contributed by atoms with Gasteiger partial charge in [-0.05, 0) is 6.07 Å². The summed E-state index contributed by atoms with van der Waals surface area (Å²) < 4.78 is 0. The molecule has 5 nitrogen and oxygen atoms in total. The molecule has 0 bridgehead atoms. The zero-order valence-corrected chi connectivity index (χ0v) is 7.01. The van der Waals surface area contributed by atoms with Gasteiger partial charge >= 0.3 is 0 Å². The lowest BCUT2D eigenvalue weighted by atomic mass is 10.5. The molecule has 0 saturated carbocycles. The maximum absolute atomic E-state index is 11.0. The molecule has 3 aromatic rings. The quantitative estimate of drug-likeness (QED) is 0.544. The Bertz CT molecular complexity index is 610. The number of aromatic nitrogens is 4. The Hall–Kier alpha value is -2.17. The van der Waals surface area contributed by atoms with E-state index in [0.717, 1.165) is 0 Å². The van der Waals surface area contributed by atoms with Crippen molar-refractivity contribution in [3.8, 4) is 11.6 Å². The van der Waals surface area contributed by atoms with E-state index in [9.17, 15) is 4.79 Å². The lowest BCUT2D eigenvalue weighted by Crippen LogP contribution is -1.91. The fourth-order valence-electron chi connectivity index (χ4n) is 1.19. The van der Waals surface area contributed by atoms with E-state index in [1.807, 2.05) is 0 Å². The Morgan fingerprint density at radius 3 is 2.50 bits per heavy atom. The van der Waals surface area contributed by atoms with E-state index in [1.54, 1.807) is 18.5 Å². The summed E-state index contributed by atoms with van der Waals surface area (Å²) >= 11 is 0. The molecule has 1 aromatic carbocycles. The smallest absolute Gasteiger partial charge is 0.216 e. The van der Waals surface area contributed by atoms with Gasteiger partial charge in [-0.1, -0.05) is 0 Å². The van der Waals surface area contributed by atoms with Crippen LogP contribution in [0, 0.1) is 0 Å². The van der Waals surface area contributed by atoms with Crippen molar-refractivity contribution in [3.05, 3.63) is 34.9 Å². The van der Waals surface area contributed by atoms with Gasteiger partial charge in [0.2, 0.25) is 5.43 Å². The maximum atomic E-state index is 11.0. The summed E-state index contributed by atoms with van der Waals surface area (Å²) in [5.74, 6) is 0.838. The van der Waals surface area contributed by atoms with Crippen LogP contribution in [0.25, 0.3) is 22.6 Å². The fourth-order valence-corrected chi connectivity index (χ4v) is 1.19. The van der Waals surface area contributed by atoms with Gasteiger partial charge in [0.1, 0.15) is 5.52 Å². The minimum Gasteiger partial charge on any atom is -0.287 e. The van der Waals surface area contributed by atoms with Crippen LogP contribution in [0.2, 0.25) is 0 Å². The first kappa shape index (κ1) is 7.25. The molecule has 0 aliphatic heterocycles. The zero-order chi connectivity index (χ0) is 9.54. The highest BCUT2D eigenvalue weighted by Crippen LogP contribution is 2.14. The molecule has 5 heteroatoms. The van der Waals surface area contributed by atoms with E-state index in [2.05, 4.69) is 19.9 Å². The third-order valence-corrected chi connectivity index (χ3v) is 1.95. The molecule has 2 heterocycles. The molecule has 0 saturated heterocycles. The van der Waals surface area contributed by atoms with Crippen LogP contribution in [0.1, 0.15) is 0 Å². The van der Waals surface area contributed by atoms with E-state index in [0.29, 0.717) is 22.6 Å². The Balaban J connectivity index is 2.19. The second-order valence-electron chi connectivity index (χ2n) is 2.86. The predicted octanol–water partition coefficient (Wildman–Crippen LogP) is 0.323. The molecular formula is C9H4N4O. The molecular weight excluding hydrogens is 180 g/mol. The van der Waals surface area contributed by atoms with Crippen LogP contribution in [0.4, 0.5) is 0 Å². The second-order valence-corrected chi connectivity index (χ2v) is 2.86. The molecule has 66 valence electrons. The fraction of sp³-hybridized carbons (Fsp3) is 0. The molecule has 0 N–H and O–H groups in total. The maximum Gasteiger partial charge on any atom is 0.216 e. The van der Waals surface area contributed by atoms with Crippen LogP contribution in [0.15, 0.2) is 29.5 Å². The summed E-state index contributed by atoms with van der Waals surface area (Å²) in [7, 11) is 0. The molecule has 0 spiro atoms. The highest BCUT2D eigenvalue weighted by atomic mass is 16.1. The lowest BCUT2D eigenvalue weighted by Gasteiger charge is -1.93. The van der Waals surface area contributed by atoms with E-state index in [-0.39, 0.29) is 5.43 Å². The van der Waals surface area contributed by atoms with Gasteiger partial charge in [-0.2, -0.15) is 0 Å². The Labute approximate surface area is 78.2 Å². The molecule has 0 fully saturated rings. The molecule has 0 amide bonds. The van der Waals surface area contributed by atoms with Crippen LogP contribution < -0.4 is 5.43 Å². The second kappa shape index (κ2) is 2.41. The first-order valence-electron chi connectivity index (χ1n) is 4.05. The monoisotopic (exact) mass is 184 g/mol. The third kappa shape index (κ3) is 0.922. The Morgan fingerprint density at radius 1 is 1.00 bits per heavy atom. The average molecular weight is 184 g/mol. The standard InChI is InChI=1S/C9H4N4O/c14-7-5-4-12-9(13-6(5)7)8-10-2-1-3-11-8/h1-4H. The summed E-state index contributed by atoms with van der Waals surface area (Å²) in [5.41, 5.74) is 0.460. The molecule has 3 rings (SSSR count). The molecule has 2 aromatic heterocycles. The van der Waals surface area contributed by atoms with Crippen LogP contribution >= 0.6 is 0 Å². The SMILES string of the molecule is O=c1c2cnc(-c3ncccn3)nc12. The van der Waals surface area contributed by atoms with Crippen molar-refractivity contribution >= 4 is 10.9 Å². The summed E-state index contributed by atoms with van der Waals surface area (Å²) in [6.45, 7) is 0. The number of rotatable bonds is 1. The topological polar surface area (TPSA) is 68.6 Å². The summed E-state index contributed by atoms with van der Waals surface area (Å²) in [5, 5.41) is 0.602. The Kier molecular flexibility index (Phi) is 1.25. The van der Waals surface area contributed by atoms with Gasteiger partial charge in [0, 0.05) is 18.6 Å². The number of nitrogens with zero attached hydrogens (tertiary/aromatic N) is 4. The minimum atomic E-state index is -0.0281. The summed E-state index contributed by atoms with van der Waals surface area (Å²) in [4.78, 5) is 27.0. The largest absolute Gasteiger partial charge is 0.287 e. The van der Waals surface area contributed by atoms with Crippen molar-refractivity contribution in [2.45, 2.75) is 0 Å². The van der Waals surface area contributed by atoms with Crippen LogP contribution in [0.3, 0.4) is 0 Å². The van der Waals surface area contributed by atoms with Gasteiger partial charge in [-0.25, -0.2) is 19.9 Å². The highest BCUT2D eigenvalue weighted by molar-refractivity contribution is 5.93. The molecule has 0 unspecified atom stereocenters. The first-order valence-corrected chi connectivity index (χ1v) is 4.05. The predicted molar refractivity (Wildman–Crippen MR) is 49.2 cm³/mol. The van der Waals surface area contributed by atoms with Crippen LogP contribution in [0.5, 0.6) is 0 Å². The van der Waals surface area contributed by atoms with Gasteiger partial charge in [0.25, 0.3) is 0 Å². The molecule has 0 aliphatic rings. The number of fused-ring (bicyclic) bond motifs is 1. The highest BCUT2D eigenvalue weighted by Gasteiger charge is 2.16. The van der Waals surface area contributed by atoms with Crippen molar-refractivity contribution in [3.63, 3.8) is 0 Å². The Morgan fingerprint density at radius 2 is 1.79 bits per heavy atom. The van der Waals surface area contributed by atoms with Crippen molar-refractivity contribution in [2.24, 2.45) is 0 Å². The van der Waals surface area contributed by atoms with Crippen molar-refractivity contribution in [1.82, 2.24) is 19.9 Å². The van der Waals surface area contributed by atoms with Gasteiger partial charge in [-0.3, -0.25) is 4.79 Å². The van der Waals surface area contributed by atoms with Gasteiger partial charge in [0.15, 0.2) is 11.6 Å². The summed E-state index contributed by atoms with van der Waals surface area (Å²) in [6, 6.07) is 1.71. The zero-order valence-electron chi connectivity index (χ0n) is 7.01. The molecule has 14 heavy (non-hydrogen) atoms. The molecule has 0 aliphatic carbocycles. The molecule has 0 radical (unpaired) electrons.